The molecule has 40 heavy (non-hydrogen) atoms. The zero-order valence-electron chi connectivity index (χ0n) is 27.8. The lowest BCUT2D eigenvalue weighted by atomic mass is 9.50. The number of allylic oxidation sites excluding steroid dienone is 3. The highest BCUT2D eigenvalue weighted by Gasteiger charge is 2.50. The van der Waals surface area contributed by atoms with Crippen LogP contribution in [0.1, 0.15) is 163 Å². The molecule has 4 saturated carbocycles. The van der Waals surface area contributed by atoms with Crippen molar-refractivity contribution < 1.29 is 0 Å². The summed E-state index contributed by atoms with van der Waals surface area (Å²) in [6.45, 7) is 13.6. The average Bonchev–Trinajstić information content (AvgIpc) is 2.91. The molecule has 4 aliphatic carbocycles. The summed E-state index contributed by atoms with van der Waals surface area (Å²) >= 11 is 0. The first-order chi connectivity index (χ1) is 19.5. The van der Waals surface area contributed by atoms with E-state index in [4.69, 9.17) is 0 Å². The van der Waals surface area contributed by atoms with Crippen molar-refractivity contribution in [3.63, 3.8) is 0 Å². The number of unbranched alkanes of at least 4 members (excludes halogenated alkanes) is 9. The van der Waals surface area contributed by atoms with E-state index in [0.717, 1.165) is 48.7 Å². The normalized spacial score (nSPS) is 27.2. The first-order valence-electron chi connectivity index (χ1n) is 18.3. The van der Waals surface area contributed by atoms with Gasteiger partial charge in [-0.15, -0.1) is 0 Å². The summed E-state index contributed by atoms with van der Waals surface area (Å²) in [4.78, 5) is 0. The Bertz CT molecular complexity index is 689. The van der Waals surface area contributed by atoms with Gasteiger partial charge in [0.2, 0.25) is 0 Å². The summed E-state index contributed by atoms with van der Waals surface area (Å²) in [5.41, 5.74) is 2.97. The molecule has 0 saturated heterocycles. The van der Waals surface area contributed by atoms with Crippen molar-refractivity contribution in [1.29, 1.82) is 0 Å². The maximum atomic E-state index is 4.42. The Morgan fingerprint density at radius 2 is 1.27 bits per heavy atom. The van der Waals surface area contributed by atoms with Crippen LogP contribution in [-0.2, 0) is 0 Å². The molecule has 0 aromatic rings. The Labute approximate surface area is 251 Å². The summed E-state index contributed by atoms with van der Waals surface area (Å²) in [5.74, 6) is 5.17. The predicted molar refractivity (Wildman–Crippen MR) is 178 cm³/mol. The van der Waals surface area contributed by atoms with Crippen molar-refractivity contribution in [3.05, 3.63) is 23.3 Å². The minimum Gasteiger partial charge on any atom is -0.312 e. The Morgan fingerprint density at radius 1 is 0.700 bits per heavy atom. The molecule has 4 bridgehead atoms. The number of hydrogen-bond donors (Lipinski definition) is 2. The fraction of sp³-hybridized carbons (Fsp3) is 0.895. The van der Waals surface area contributed by atoms with Crippen LogP contribution >= 0.6 is 0 Å². The van der Waals surface area contributed by atoms with Gasteiger partial charge in [0, 0.05) is 25.2 Å². The lowest BCUT2D eigenvalue weighted by Gasteiger charge is -2.57. The van der Waals surface area contributed by atoms with E-state index in [9.17, 15) is 0 Å². The minimum absolute atomic E-state index is 0.628. The van der Waals surface area contributed by atoms with Gasteiger partial charge in [-0.25, -0.2) is 0 Å². The quantitative estimate of drug-likeness (QED) is 0.0969. The van der Waals surface area contributed by atoms with Crippen molar-refractivity contribution >= 4 is 0 Å². The van der Waals surface area contributed by atoms with Crippen LogP contribution in [0, 0.1) is 29.6 Å². The Kier molecular flexibility index (Phi) is 16.6. The molecule has 4 fully saturated rings. The molecule has 0 aromatic heterocycles. The second kappa shape index (κ2) is 19.6. The van der Waals surface area contributed by atoms with E-state index in [2.05, 4.69) is 57.4 Å². The van der Waals surface area contributed by atoms with Crippen LogP contribution < -0.4 is 10.6 Å². The highest BCUT2D eigenvalue weighted by atomic mass is 15.0. The lowest BCUT2D eigenvalue weighted by Crippen LogP contribution is -2.56. The summed E-state index contributed by atoms with van der Waals surface area (Å²) in [6, 6.07) is 1.38. The van der Waals surface area contributed by atoms with Crippen molar-refractivity contribution in [3.8, 4) is 0 Å². The van der Waals surface area contributed by atoms with Crippen molar-refractivity contribution in [2.75, 3.05) is 13.1 Å². The molecule has 0 radical (unpaired) electrons. The molecule has 0 aromatic carbocycles. The zero-order valence-corrected chi connectivity index (χ0v) is 27.8. The lowest BCUT2D eigenvalue weighted by molar-refractivity contribution is -0.0548. The van der Waals surface area contributed by atoms with E-state index in [1.807, 2.05) is 0 Å². The highest BCUT2D eigenvalue weighted by molar-refractivity contribution is 5.04. The average molecular weight is 555 g/mol. The fourth-order valence-corrected chi connectivity index (χ4v) is 8.89. The van der Waals surface area contributed by atoms with Crippen LogP contribution in [0.3, 0.4) is 0 Å². The molecule has 2 N–H and O–H groups in total. The van der Waals surface area contributed by atoms with Gasteiger partial charge in [0.25, 0.3) is 0 Å². The largest absolute Gasteiger partial charge is 0.312 e. The number of rotatable bonds is 23. The SMILES string of the molecule is CCCCCCCCC(CNC/C=C(\C)CCC=C(C)C)NC(CCCCCCC)C1C2CC3CC(C2)CC1C3. The monoisotopic (exact) mass is 555 g/mol. The summed E-state index contributed by atoms with van der Waals surface area (Å²) < 4.78 is 0. The van der Waals surface area contributed by atoms with Gasteiger partial charge in [-0.05, 0) is 108 Å². The molecule has 2 heteroatoms. The fourth-order valence-electron chi connectivity index (χ4n) is 8.89. The molecule has 2 unspecified atom stereocenters. The van der Waals surface area contributed by atoms with Gasteiger partial charge >= 0.3 is 0 Å². The van der Waals surface area contributed by atoms with Gasteiger partial charge in [-0.3, -0.25) is 0 Å². The third-order valence-corrected chi connectivity index (χ3v) is 10.8. The molecule has 4 rings (SSSR count). The van der Waals surface area contributed by atoms with Gasteiger partial charge < -0.3 is 10.6 Å². The third kappa shape index (κ3) is 12.3. The molecule has 232 valence electrons. The molecule has 0 heterocycles. The Morgan fingerprint density at radius 3 is 1.88 bits per heavy atom. The van der Waals surface area contributed by atoms with E-state index in [0.29, 0.717) is 6.04 Å². The Hall–Kier alpha value is -0.600. The van der Waals surface area contributed by atoms with Gasteiger partial charge in [-0.2, -0.15) is 0 Å². The topological polar surface area (TPSA) is 24.1 Å². The molecule has 0 spiro atoms. The number of hydrogen-bond acceptors (Lipinski definition) is 2. The molecule has 2 atom stereocenters. The van der Waals surface area contributed by atoms with Gasteiger partial charge in [0.1, 0.15) is 0 Å². The number of nitrogens with one attached hydrogen (secondary N) is 2. The van der Waals surface area contributed by atoms with E-state index in [1.165, 1.54) is 107 Å². The molecule has 2 nitrogen and oxygen atoms in total. The molecule has 0 aliphatic heterocycles. The van der Waals surface area contributed by atoms with Gasteiger partial charge in [0.15, 0.2) is 0 Å². The van der Waals surface area contributed by atoms with Gasteiger partial charge in [0.05, 0.1) is 0 Å². The van der Waals surface area contributed by atoms with Crippen LogP contribution in [0.2, 0.25) is 0 Å². The minimum atomic E-state index is 0.628. The molecule has 0 amide bonds. The second-order valence-corrected chi connectivity index (χ2v) is 14.8. The zero-order chi connectivity index (χ0) is 28.6. The summed E-state index contributed by atoms with van der Waals surface area (Å²) in [5, 5.41) is 8.30. The molecular formula is C38H70N2. The van der Waals surface area contributed by atoms with Crippen LogP contribution in [0.15, 0.2) is 23.3 Å². The van der Waals surface area contributed by atoms with E-state index in [1.54, 1.807) is 32.1 Å². The van der Waals surface area contributed by atoms with Crippen molar-refractivity contribution in [2.45, 2.75) is 175 Å². The van der Waals surface area contributed by atoms with Crippen LogP contribution in [0.4, 0.5) is 0 Å². The maximum absolute atomic E-state index is 4.42. The molecular weight excluding hydrogens is 484 g/mol. The molecule has 4 aliphatic rings. The third-order valence-electron chi connectivity index (χ3n) is 10.8. The predicted octanol–water partition coefficient (Wildman–Crippen LogP) is 10.8. The summed E-state index contributed by atoms with van der Waals surface area (Å²) in [6.07, 6.45) is 33.3. The van der Waals surface area contributed by atoms with E-state index >= 15 is 0 Å². The maximum Gasteiger partial charge on any atom is 0.0195 e. The first kappa shape index (κ1) is 33.9. The van der Waals surface area contributed by atoms with Crippen molar-refractivity contribution in [1.82, 2.24) is 10.6 Å². The van der Waals surface area contributed by atoms with Crippen LogP contribution in [0.25, 0.3) is 0 Å². The second-order valence-electron chi connectivity index (χ2n) is 14.8. The van der Waals surface area contributed by atoms with E-state index < -0.39 is 0 Å². The van der Waals surface area contributed by atoms with Gasteiger partial charge in [-0.1, -0.05) is 108 Å². The summed E-state index contributed by atoms with van der Waals surface area (Å²) in [7, 11) is 0. The van der Waals surface area contributed by atoms with Crippen LogP contribution in [-0.4, -0.2) is 25.2 Å². The van der Waals surface area contributed by atoms with Crippen LogP contribution in [0.5, 0.6) is 0 Å². The standard InChI is InChI=1S/C38H70N2/c1-6-8-10-12-14-15-20-36(29-39-23-22-31(5)19-17-18-30(3)4)40-37(21-16-13-11-9-7-2)38-34-25-32-24-33(27-34)28-35(38)26-32/h18,22,32-40H,6-17,19-21,23-29H2,1-5H3/b31-22+. The van der Waals surface area contributed by atoms with Crippen molar-refractivity contribution in [2.24, 2.45) is 29.6 Å². The Balaban J connectivity index is 1.58. The van der Waals surface area contributed by atoms with E-state index in [-0.39, 0.29) is 0 Å². The first-order valence-corrected chi connectivity index (χ1v) is 18.3. The highest BCUT2D eigenvalue weighted by Crippen LogP contribution is 2.57. The smallest absolute Gasteiger partial charge is 0.0195 e.